The number of para-hydroxylation sites is 1. The summed E-state index contributed by atoms with van der Waals surface area (Å²) in [6.07, 6.45) is 13.3. The van der Waals surface area contributed by atoms with E-state index in [4.69, 9.17) is 29.3 Å². The van der Waals surface area contributed by atoms with Gasteiger partial charge in [0.1, 0.15) is 26.0 Å². The normalized spacial score (nSPS) is 15.6. The van der Waals surface area contributed by atoms with Crippen LogP contribution in [0.1, 0.15) is 36.4 Å². The van der Waals surface area contributed by atoms with Crippen LogP contribution in [-0.2, 0) is 20.9 Å². The molecule has 1 aliphatic rings. The van der Waals surface area contributed by atoms with Crippen LogP contribution >= 0.6 is 0 Å². The number of hydrogen-bond donors (Lipinski definition) is 0. The standard InChI is InChI=1S/C42H63N7O3Si3/c1-53(2,3)21-18-50-30-47(31-51-19-22-54(4,5)6)41-25-40(46-42-38(28-45-49(41)42)36-24-35-12-10-11-13-39(35)43-26-36)34-16-14-33(15-17-34)37-27-44-48(29-37)32-52-20-23-55(7,8)9/h10-13,16,24-29,33H,14-15,17-23,30-32H2,1-9H3. The third-order valence-corrected chi connectivity index (χ3v) is 15.4. The van der Waals surface area contributed by atoms with E-state index in [1.807, 2.05) is 39.9 Å². The third kappa shape index (κ3) is 11.8. The molecule has 6 rings (SSSR count). The number of nitrogens with zero attached hydrogens (tertiary/aromatic N) is 7. The average Bonchev–Trinajstić information content (AvgIpc) is 3.79. The number of aromatic nitrogens is 6. The van der Waals surface area contributed by atoms with Crippen LogP contribution in [0, 0.1) is 0 Å². The molecule has 4 aromatic heterocycles. The number of ether oxygens (including phenoxy) is 3. The maximum absolute atomic E-state index is 6.40. The summed E-state index contributed by atoms with van der Waals surface area (Å²) in [6, 6.07) is 16.0. The van der Waals surface area contributed by atoms with E-state index in [2.05, 4.69) is 105 Å². The molecule has 0 radical (unpaired) electrons. The molecule has 10 nitrogen and oxygen atoms in total. The van der Waals surface area contributed by atoms with E-state index < -0.39 is 24.2 Å². The summed E-state index contributed by atoms with van der Waals surface area (Å²) in [4.78, 5) is 12.3. The van der Waals surface area contributed by atoms with E-state index in [1.54, 1.807) is 0 Å². The van der Waals surface area contributed by atoms with Crippen molar-refractivity contribution in [3.8, 4) is 11.1 Å². The lowest BCUT2D eigenvalue weighted by atomic mass is 9.85. The van der Waals surface area contributed by atoms with Crippen LogP contribution < -0.4 is 4.90 Å². The van der Waals surface area contributed by atoms with Crippen molar-refractivity contribution in [2.24, 2.45) is 0 Å². The molecule has 0 saturated heterocycles. The topological polar surface area (TPSA) is 91.8 Å². The van der Waals surface area contributed by atoms with Gasteiger partial charge in [-0.15, -0.1) is 0 Å². The Labute approximate surface area is 331 Å². The second-order valence-electron chi connectivity index (χ2n) is 18.8. The molecular weight excluding hydrogens is 735 g/mol. The summed E-state index contributed by atoms with van der Waals surface area (Å²) in [5.74, 6) is 1.33. The van der Waals surface area contributed by atoms with Gasteiger partial charge in [-0.1, -0.05) is 83.2 Å². The molecule has 0 spiro atoms. The van der Waals surface area contributed by atoms with Crippen LogP contribution in [0.3, 0.4) is 0 Å². The maximum Gasteiger partial charge on any atom is 0.165 e. The minimum Gasteiger partial charge on any atom is -0.361 e. The number of benzene rings is 1. The highest BCUT2D eigenvalue weighted by atomic mass is 28.3. The molecule has 0 bridgehead atoms. The van der Waals surface area contributed by atoms with Gasteiger partial charge in [0.25, 0.3) is 0 Å². The van der Waals surface area contributed by atoms with Crippen LogP contribution in [0.5, 0.6) is 0 Å². The maximum atomic E-state index is 6.40. The van der Waals surface area contributed by atoms with Gasteiger partial charge in [-0.2, -0.15) is 14.7 Å². The zero-order valence-corrected chi connectivity index (χ0v) is 37.8. The van der Waals surface area contributed by atoms with Gasteiger partial charge in [0, 0.05) is 79.0 Å². The van der Waals surface area contributed by atoms with Crippen molar-refractivity contribution in [1.29, 1.82) is 0 Å². The first-order chi connectivity index (χ1) is 26.1. The quantitative estimate of drug-likeness (QED) is 0.0463. The molecule has 0 fully saturated rings. The van der Waals surface area contributed by atoms with Crippen molar-refractivity contribution >= 4 is 52.2 Å². The van der Waals surface area contributed by atoms with E-state index in [0.717, 1.165) is 96.4 Å². The molecule has 0 saturated carbocycles. The summed E-state index contributed by atoms with van der Waals surface area (Å²) < 4.78 is 22.7. The summed E-state index contributed by atoms with van der Waals surface area (Å²) >= 11 is 0. The van der Waals surface area contributed by atoms with Crippen molar-refractivity contribution in [2.45, 2.75) is 109 Å². The molecule has 1 unspecified atom stereocenters. The number of pyridine rings is 1. The molecule has 1 atom stereocenters. The summed E-state index contributed by atoms with van der Waals surface area (Å²) in [5, 5.41) is 10.7. The Morgan fingerprint density at radius 2 is 1.45 bits per heavy atom. The van der Waals surface area contributed by atoms with E-state index in [0.29, 0.717) is 26.1 Å². The van der Waals surface area contributed by atoms with Gasteiger partial charge in [-0.25, -0.2) is 9.67 Å². The van der Waals surface area contributed by atoms with Crippen molar-refractivity contribution in [3.63, 3.8) is 0 Å². The minimum absolute atomic E-state index is 0.410. The SMILES string of the molecule is C[Si](C)(C)CCOCN(COCC[Si](C)(C)C)c1cc(C2=CCC(c3cnn(COCC[Si](C)(C)C)c3)CC2)nc2c(-c3cnc4ccccc4c3)cnn12. The monoisotopic (exact) mass is 797 g/mol. The van der Waals surface area contributed by atoms with Crippen LogP contribution in [0.25, 0.3) is 33.3 Å². The number of rotatable bonds is 19. The Morgan fingerprint density at radius 3 is 2.11 bits per heavy atom. The second-order valence-corrected chi connectivity index (χ2v) is 35.7. The second kappa shape index (κ2) is 17.8. The molecule has 55 heavy (non-hydrogen) atoms. The summed E-state index contributed by atoms with van der Waals surface area (Å²) in [6.45, 7) is 25.0. The van der Waals surface area contributed by atoms with E-state index in [-0.39, 0.29) is 0 Å². The van der Waals surface area contributed by atoms with Gasteiger partial charge in [0.2, 0.25) is 0 Å². The van der Waals surface area contributed by atoms with Crippen molar-refractivity contribution < 1.29 is 14.2 Å². The highest BCUT2D eigenvalue weighted by molar-refractivity contribution is 6.76. The fraction of sp³-hybridized carbons (Fsp3) is 0.524. The first-order valence-corrected chi connectivity index (χ1v) is 31.2. The number of allylic oxidation sites excluding steroid dienone is 2. The lowest BCUT2D eigenvalue weighted by Crippen LogP contribution is -2.33. The van der Waals surface area contributed by atoms with Gasteiger partial charge in [0.15, 0.2) is 5.65 Å². The van der Waals surface area contributed by atoms with E-state index >= 15 is 0 Å². The molecule has 13 heteroatoms. The fourth-order valence-electron chi connectivity index (χ4n) is 6.60. The zero-order valence-electron chi connectivity index (χ0n) is 34.8. The molecule has 0 N–H and O–H groups in total. The van der Waals surface area contributed by atoms with Gasteiger partial charge < -0.3 is 19.1 Å². The van der Waals surface area contributed by atoms with Crippen molar-refractivity contribution in [3.05, 3.63) is 78.5 Å². The van der Waals surface area contributed by atoms with Gasteiger partial charge in [-0.3, -0.25) is 4.98 Å². The summed E-state index contributed by atoms with van der Waals surface area (Å²) in [7, 11) is -3.63. The molecule has 1 aliphatic carbocycles. The summed E-state index contributed by atoms with van der Waals surface area (Å²) in [5.41, 5.74) is 7.21. The lowest BCUT2D eigenvalue weighted by molar-refractivity contribution is 0.0785. The Morgan fingerprint density at radius 1 is 0.782 bits per heavy atom. The average molecular weight is 798 g/mol. The molecule has 1 aromatic carbocycles. The number of hydrogen-bond acceptors (Lipinski definition) is 8. The molecule has 0 aliphatic heterocycles. The molecule has 5 aromatic rings. The third-order valence-electron chi connectivity index (χ3n) is 10.3. The van der Waals surface area contributed by atoms with E-state index in [1.165, 1.54) is 11.1 Å². The zero-order chi connectivity index (χ0) is 39.2. The fourth-order valence-corrected chi connectivity index (χ4v) is 8.87. The smallest absolute Gasteiger partial charge is 0.165 e. The van der Waals surface area contributed by atoms with Crippen LogP contribution in [0.15, 0.2) is 67.3 Å². The predicted octanol–water partition coefficient (Wildman–Crippen LogP) is 10.2. The van der Waals surface area contributed by atoms with Gasteiger partial charge >= 0.3 is 0 Å². The first kappa shape index (κ1) is 41.2. The molecule has 4 heterocycles. The Hall–Kier alpha value is -3.47. The minimum atomic E-state index is -1.25. The largest absolute Gasteiger partial charge is 0.361 e. The van der Waals surface area contributed by atoms with Crippen molar-refractivity contribution in [2.75, 3.05) is 38.2 Å². The van der Waals surface area contributed by atoms with E-state index in [9.17, 15) is 0 Å². The number of fused-ring (bicyclic) bond motifs is 2. The molecule has 296 valence electrons. The predicted molar refractivity (Wildman–Crippen MR) is 235 cm³/mol. The van der Waals surface area contributed by atoms with Crippen LogP contribution in [0.4, 0.5) is 5.82 Å². The lowest BCUT2D eigenvalue weighted by Gasteiger charge is -2.27. The Balaban J connectivity index is 1.30. The van der Waals surface area contributed by atoms with Crippen LogP contribution in [-0.4, -0.2) is 86.9 Å². The highest BCUT2D eigenvalue weighted by Gasteiger charge is 2.24. The van der Waals surface area contributed by atoms with Crippen molar-refractivity contribution in [1.82, 2.24) is 29.4 Å². The molecule has 0 amide bonds. The molecular formula is C42H63N7O3Si3. The first-order valence-electron chi connectivity index (χ1n) is 20.1. The Kier molecular flexibility index (Phi) is 13.3. The van der Waals surface area contributed by atoms with Crippen LogP contribution in [0.2, 0.25) is 77.1 Å². The van der Waals surface area contributed by atoms with Gasteiger partial charge in [-0.05, 0) is 66.6 Å². The Bertz CT molecular complexity index is 2040. The highest BCUT2D eigenvalue weighted by Crippen LogP contribution is 2.37. The van der Waals surface area contributed by atoms with Gasteiger partial charge in [0.05, 0.1) is 23.6 Å². The number of anilines is 1.